The highest BCUT2D eigenvalue weighted by atomic mass is 16.4. The zero-order valence-corrected chi connectivity index (χ0v) is 26.5. The largest absolute Gasteiger partial charge is 0.481 e. The van der Waals surface area contributed by atoms with Gasteiger partial charge in [-0.3, -0.25) is 19.2 Å². The van der Waals surface area contributed by atoms with Crippen molar-refractivity contribution in [3.05, 3.63) is 0 Å². The van der Waals surface area contributed by atoms with Crippen molar-refractivity contribution >= 4 is 23.9 Å². The second kappa shape index (κ2) is 21.6. The highest BCUT2D eigenvalue weighted by Crippen LogP contribution is 2.50. The lowest BCUT2D eigenvalue weighted by Gasteiger charge is -2.47. The Kier molecular flexibility index (Phi) is 20.4. The maximum absolute atomic E-state index is 11.5. The van der Waals surface area contributed by atoms with Gasteiger partial charge in [0, 0.05) is 25.7 Å². The van der Waals surface area contributed by atoms with E-state index in [2.05, 4.69) is 34.6 Å². The number of unbranched alkanes of at least 4 members (excludes halogenated alkanes) is 2. The van der Waals surface area contributed by atoms with E-state index in [1.807, 2.05) is 0 Å². The average Bonchev–Trinajstić information content (AvgIpc) is 2.86. The molecule has 0 radical (unpaired) electrons. The van der Waals surface area contributed by atoms with Crippen LogP contribution in [0, 0.1) is 35.0 Å². The zero-order valence-electron chi connectivity index (χ0n) is 26.5. The van der Waals surface area contributed by atoms with Crippen LogP contribution < -0.4 is 0 Å². The molecule has 5 unspecified atom stereocenters. The Labute approximate surface area is 248 Å². The smallest absolute Gasteiger partial charge is 0.303 e. The van der Waals surface area contributed by atoms with Crippen LogP contribution in [0.3, 0.4) is 0 Å². The lowest BCUT2D eigenvalue weighted by atomic mass is 9.58. The summed E-state index contributed by atoms with van der Waals surface area (Å²) in [5.74, 6) is -1.92. The number of rotatable bonds is 27. The predicted octanol–water partition coefficient (Wildman–Crippen LogP) is 8.51. The molecule has 0 aromatic heterocycles. The Morgan fingerprint density at radius 3 is 1.39 bits per heavy atom. The van der Waals surface area contributed by atoms with Crippen LogP contribution in [-0.2, 0) is 19.2 Å². The van der Waals surface area contributed by atoms with E-state index in [-0.39, 0.29) is 48.9 Å². The Balaban J connectivity index is 6.59. The summed E-state index contributed by atoms with van der Waals surface area (Å²) in [7, 11) is 0. The third kappa shape index (κ3) is 17.4. The summed E-state index contributed by atoms with van der Waals surface area (Å²) in [5.41, 5.74) is -0.186. The van der Waals surface area contributed by atoms with E-state index in [9.17, 15) is 39.6 Å². The first-order valence-corrected chi connectivity index (χ1v) is 16.1. The summed E-state index contributed by atoms with van der Waals surface area (Å²) in [4.78, 5) is 45.4. The van der Waals surface area contributed by atoms with Crippen molar-refractivity contribution in [3.63, 3.8) is 0 Å². The molecule has 0 bridgehead atoms. The Morgan fingerprint density at radius 2 is 0.927 bits per heavy atom. The minimum atomic E-state index is -0.807. The third-order valence-corrected chi connectivity index (χ3v) is 9.23. The van der Waals surface area contributed by atoms with Crippen molar-refractivity contribution < 1.29 is 39.6 Å². The summed E-state index contributed by atoms with van der Waals surface area (Å²) >= 11 is 0. The topological polar surface area (TPSA) is 149 Å². The Morgan fingerprint density at radius 1 is 0.537 bits per heavy atom. The molecule has 0 amide bonds. The van der Waals surface area contributed by atoms with Crippen LogP contribution in [0.25, 0.3) is 0 Å². The van der Waals surface area contributed by atoms with Gasteiger partial charge in [0.15, 0.2) is 0 Å². The molecule has 0 saturated heterocycles. The van der Waals surface area contributed by atoms with Gasteiger partial charge in [0.25, 0.3) is 0 Å². The van der Waals surface area contributed by atoms with E-state index >= 15 is 0 Å². The van der Waals surface area contributed by atoms with Gasteiger partial charge in [-0.05, 0) is 99.2 Å². The molecule has 0 saturated carbocycles. The highest BCUT2D eigenvalue weighted by Gasteiger charge is 2.41. The molecule has 0 aliphatic heterocycles. The van der Waals surface area contributed by atoms with Gasteiger partial charge in [0.2, 0.25) is 0 Å². The van der Waals surface area contributed by atoms with E-state index in [1.165, 1.54) is 0 Å². The molecule has 41 heavy (non-hydrogen) atoms. The molecule has 0 aliphatic carbocycles. The molecule has 5 atom stereocenters. The Bertz CT molecular complexity index is 762. The van der Waals surface area contributed by atoms with Crippen molar-refractivity contribution in [3.8, 4) is 0 Å². The van der Waals surface area contributed by atoms with E-state index in [4.69, 9.17) is 0 Å². The number of hydrogen-bond acceptors (Lipinski definition) is 4. The minimum absolute atomic E-state index is 0.107. The van der Waals surface area contributed by atoms with Gasteiger partial charge in [-0.15, -0.1) is 0 Å². The first-order chi connectivity index (χ1) is 19.3. The van der Waals surface area contributed by atoms with E-state index in [1.54, 1.807) is 0 Å². The van der Waals surface area contributed by atoms with Crippen LogP contribution in [0.1, 0.15) is 150 Å². The minimum Gasteiger partial charge on any atom is -0.481 e. The first-order valence-electron chi connectivity index (χ1n) is 16.1. The van der Waals surface area contributed by atoms with Gasteiger partial charge < -0.3 is 20.4 Å². The predicted molar refractivity (Wildman–Crippen MR) is 162 cm³/mol. The standard InChI is InChI=1S/C33H60O8/c1-6-8-15-26(25(17-11-20-30(36)37)24(3)14-10-19-29(34)35)27(16-9-7-2)28(18-12-21-31(38)39)33(4,5)23-13-22-32(40)41/h24-28H,6-23H2,1-5H3,(H,34,35)(H,36,37)(H,38,39)(H,40,41). The van der Waals surface area contributed by atoms with Crippen molar-refractivity contribution in [2.45, 2.75) is 150 Å². The summed E-state index contributed by atoms with van der Waals surface area (Å²) in [6.45, 7) is 11.0. The van der Waals surface area contributed by atoms with E-state index in [0.717, 1.165) is 64.2 Å². The van der Waals surface area contributed by atoms with Crippen LogP contribution in [0.15, 0.2) is 0 Å². The van der Waals surface area contributed by atoms with Gasteiger partial charge in [0.1, 0.15) is 0 Å². The first kappa shape index (κ1) is 38.9. The monoisotopic (exact) mass is 584 g/mol. The molecule has 0 aromatic rings. The molecule has 0 fully saturated rings. The summed E-state index contributed by atoms with van der Waals surface area (Å²) < 4.78 is 0. The normalized spacial score (nSPS) is 15.5. The molecular formula is C33H60O8. The lowest BCUT2D eigenvalue weighted by Crippen LogP contribution is -2.39. The van der Waals surface area contributed by atoms with Gasteiger partial charge in [-0.25, -0.2) is 0 Å². The van der Waals surface area contributed by atoms with E-state index < -0.39 is 23.9 Å². The molecule has 4 N–H and O–H groups in total. The van der Waals surface area contributed by atoms with Gasteiger partial charge in [-0.2, -0.15) is 0 Å². The Hall–Kier alpha value is -2.12. The quantitative estimate of drug-likeness (QED) is 0.0750. The molecule has 0 spiro atoms. The maximum atomic E-state index is 11.5. The molecule has 0 aliphatic rings. The van der Waals surface area contributed by atoms with E-state index in [0.29, 0.717) is 37.5 Å². The fourth-order valence-electron chi connectivity index (χ4n) is 7.08. The van der Waals surface area contributed by atoms with Crippen LogP contribution >= 0.6 is 0 Å². The van der Waals surface area contributed by atoms with Crippen LogP contribution in [0.4, 0.5) is 0 Å². The average molecular weight is 585 g/mol. The zero-order chi connectivity index (χ0) is 31.4. The van der Waals surface area contributed by atoms with Gasteiger partial charge >= 0.3 is 23.9 Å². The molecule has 8 heteroatoms. The molecule has 8 nitrogen and oxygen atoms in total. The summed E-state index contributed by atoms with van der Waals surface area (Å²) in [6, 6.07) is 0. The van der Waals surface area contributed by atoms with Crippen LogP contribution in [-0.4, -0.2) is 44.3 Å². The second-order valence-corrected chi connectivity index (χ2v) is 13.0. The van der Waals surface area contributed by atoms with Crippen molar-refractivity contribution in [1.29, 1.82) is 0 Å². The third-order valence-electron chi connectivity index (χ3n) is 9.23. The SMILES string of the molecule is CCCCC(C(CCCC(=O)O)C(C)CCCC(=O)O)C(CCCC)C(CCCC(=O)O)C(C)(C)CCCC(=O)O. The molecule has 0 aromatic carbocycles. The number of hydrogen-bond donors (Lipinski definition) is 4. The maximum Gasteiger partial charge on any atom is 0.303 e. The fourth-order valence-corrected chi connectivity index (χ4v) is 7.08. The van der Waals surface area contributed by atoms with Crippen molar-refractivity contribution in [1.82, 2.24) is 0 Å². The summed E-state index contributed by atoms with van der Waals surface area (Å²) in [6.07, 6.45) is 12.0. The van der Waals surface area contributed by atoms with Crippen LogP contribution in [0.5, 0.6) is 0 Å². The number of aliphatic carboxylic acids is 4. The lowest BCUT2D eigenvalue weighted by molar-refractivity contribution is -0.138. The van der Waals surface area contributed by atoms with Gasteiger partial charge in [0.05, 0.1) is 0 Å². The van der Waals surface area contributed by atoms with Gasteiger partial charge in [-0.1, -0.05) is 60.3 Å². The fraction of sp³-hybridized carbons (Fsp3) is 0.879. The van der Waals surface area contributed by atoms with Crippen molar-refractivity contribution in [2.75, 3.05) is 0 Å². The number of carbonyl (C=O) groups is 4. The second-order valence-electron chi connectivity index (χ2n) is 13.0. The molecule has 240 valence electrons. The van der Waals surface area contributed by atoms with Crippen LogP contribution in [0.2, 0.25) is 0 Å². The molecule has 0 rings (SSSR count). The number of carboxylic acid groups (broad SMARTS) is 4. The molecule has 0 heterocycles. The molecular weight excluding hydrogens is 524 g/mol. The van der Waals surface area contributed by atoms with Crippen molar-refractivity contribution in [2.24, 2.45) is 35.0 Å². The summed E-state index contributed by atoms with van der Waals surface area (Å²) in [5, 5.41) is 37.3. The highest BCUT2D eigenvalue weighted by molar-refractivity contribution is 5.67. The number of carboxylic acids is 4.